The van der Waals surface area contributed by atoms with Crippen LogP contribution in [0.3, 0.4) is 0 Å². The van der Waals surface area contributed by atoms with Crippen LogP contribution in [0.5, 0.6) is 5.75 Å². The molecule has 0 aliphatic carbocycles. The zero-order chi connectivity index (χ0) is 22.9. The van der Waals surface area contributed by atoms with Crippen LogP contribution in [0.4, 0.5) is 10.8 Å². The van der Waals surface area contributed by atoms with Crippen molar-refractivity contribution in [3.8, 4) is 17.0 Å². The van der Waals surface area contributed by atoms with E-state index in [1.165, 1.54) is 19.2 Å². The number of non-ortho nitro benzene ring substituents is 1. The van der Waals surface area contributed by atoms with E-state index in [0.717, 1.165) is 16.9 Å². The molecule has 5 aromatic rings. The summed E-state index contributed by atoms with van der Waals surface area (Å²) >= 11 is 1.14. The van der Waals surface area contributed by atoms with Gasteiger partial charge in [-0.05, 0) is 12.1 Å². The van der Waals surface area contributed by atoms with Gasteiger partial charge in [-0.25, -0.2) is 9.97 Å². The Morgan fingerprint density at radius 2 is 1.79 bits per heavy atom. The van der Waals surface area contributed by atoms with Gasteiger partial charge in [0.05, 0.1) is 39.6 Å². The minimum Gasteiger partial charge on any atom is -0.494 e. The fraction of sp³-hybridized carbons (Fsp3) is 0.0417. The van der Waals surface area contributed by atoms with Crippen LogP contribution < -0.4 is 10.1 Å². The molecule has 0 unspecified atom stereocenters. The number of para-hydroxylation sites is 1. The Hall–Kier alpha value is -4.37. The topological polar surface area (TPSA) is 107 Å². The lowest BCUT2D eigenvalue weighted by Gasteiger charge is -2.09. The van der Waals surface area contributed by atoms with E-state index in [4.69, 9.17) is 9.72 Å². The van der Waals surface area contributed by atoms with Crippen LogP contribution in [0, 0.1) is 10.1 Å². The molecule has 9 heteroatoms. The number of carbonyl (C=O) groups is 1. The highest BCUT2D eigenvalue weighted by Crippen LogP contribution is 2.36. The lowest BCUT2D eigenvalue weighted by Crippen LogP contribution is -2.13. The Labute approximate surface area is 191 Å². The number of methoxy groups -OCH3 is 1. The van der Waals surface area contributed by atoms with Crippen LogP contribution in [0.15, 0.2) is 72.8 Å². The van der Waals surface area contributed by atoms with Crippen LogP contribution in [-0.4, -0.2) is 27.9 Å². The number of aromatic nitrogens is 2. The molecule has 1 N–H and O–H groups in total. The first kappa shape index (κ1) is 20.5. The molecule has 0 saturated heterocycles. The van der Waals surface area contributed by atoms with Crippen molar-refractivity contribution in [2.24, 2.45) is 0 Å². The summed E-state index contributed by atoms with van der Waals surface area (Å²) < 4.78 is 5.80. The normalized spacial score (nSPS) is 10.9. The molecule has 0 aliphatic heterocycles. The number of nitro groups is 1. The number of fused-ring (bicyclic) bond motifs is 2. The molecular weight excluding hydrogens is 440 g/mol. The second-order valence-electron chi connectivity index (χ2n) is 7.16. The maximum atomic E-state index is 13.3. The SMILES string of the molecule is COc1cc([N+](=O)[O-])cc2sc(NC(=O)c3cc(-c4ccccc4)nc4ccccc34)nc12. The van der Waals surface area contributed by atoms with Crippen molar-refractivity contribution in [2.75, 3.05) is 12.4 Å². The van der Waals surface area contributed by atoms with Gasteiger partial charge in [0, 0.05) is 17.0 Å². The standard InChI is InChI=1S/C24H16N4O4S/c1-32-20-11-15(28(30)31)12-21-22(20)26-24(33-21)27-23(29)17-13-19(14-7-3-2-4-8-14)25-18-10-6-5-9-16(17)18/h2-13H,1H3,(H,26,27,29). The molecule has 162 valence electrons. The molecule has 2 heterocycles. The first-order valence-electron chi connectivity index (χ1n) is 9.93. The maximum absolute atomic E-state index is 13.3. The maximum Gasteiger partial charge on any atom is 0.274 e. The highest BCUT2D eigenvalue weighted by atomic mass is 32.1. The first-order chi connectivity index (χ1) is 16.0. The van der Waals surface area contributed by atoms with E-state index >= 15 is 0 Å². The minimum atomic E-state index is -0.492. The van der Waals surface area contributed by atoms with Gasteiger partial charge in [0.1, 0.15) is 5.52 Å². The fourth-order valence-electron chi connectivity index (χ4n) is 3.58. The van der Waals surface area contributed by atoms with Gasteiger partial charge >= 0.3 is 0 Å². The van der Waals surface area contributed by atoms with Gasteiger partial charge in [0.25, 0.3) is 11.6 Å². The number of carbonyl (C=O) groups excluding carboxylic acids is 1. The number of benzene rings is 3. The largest absolute Gasteiger partial charge is 0.494 e. The van der Waals surface area contributed by atoms with Crippen molar-refractivity contribution in [2.45, 2.75) is 0 Å². The molecular formula is C24H16N4O4S. The number of pyridine rings is 1. The molecule has 0 saturated carbocycles. The quantitative estimate of drug-likeness (QED) is 0.269. The summed E-state index contributed by atoms with van der Waals surface area (Å²) in [4.78, 5) is 33.2. The van der Waals surface area contributed by atoms with Gasteiger partial charge in [0.2, 0.25) is 0 Å². The summed E-state index contributed by atoms with van der Waals surface area (Å²) in [5, 5.41) is 15.1. The van der Waals surface area contributed by atoms with Crippen LogP contribution in [0.25, 0.3) is 32.4 Å². The van der Waals surface area contributed by atoms with Crippen molar-refractivity contribution >= 4 is 49.2 Å². The monoisotopic (exact) mass is 456 g/mol. The summed E-state index contributed by atoms with van der Waals surface area (Å²) in [5.74, 6) is -0.0741. The molecule has 0 aliphatic rings. The summed E-state index contributed by atoms with van der Waals surface area (Å²) in [6.45, 7) is 0. The van der Waals surface area contributed by atoms with E-state index in [1.54, 1.807) is 6.07 Å². The molecule has 2 aromatic heterocycles. The minimum absolute atomic E-state index is 0.103. The molecule has 3 aromatic carbocycles. The van der Waals surface area contributed by atoms with E-state index in [-0.39, 0.29) is 17.3 Å². The molecule has 5 rings (SSSR count). The summed E-state index contributed by atoms with van der Waals surface area (Å²) in [6, 6.07) is 21.5. The molecule has 8 nitrogen and oxygen atoms in total. The number of nitro benzene ring substituents is 1. The summed E-state index contributed by atoms with van der Waals surface area (Å²) in [5.41, 5.74) is 3.08. The van der Waals surface area contributed by atoms with Gasteiger partial charge in [-0.3, -0.25) is 20.2 Å². The molecule has 0 radical (unpaired) electrons. The van der Waals surface area contributed by atoms with Gasteiger partial charge < -0.3 is 4.74 Å². The number of rotatable bonds is 5. The van der Waals surface area contributed by atoms with Crippen molar-refractivity contribution in [1.82, 2.24) is 9.97 Å². The fourth-order valence-corrected chi connectivity index (χ4v) is 4.50. The molecule has 33 heavy (non-hydrogen) atoms. The lowest BCUT2D eigenvalue weighted by atomic mass is 10.0. The number of hydrogen-bond acceptors (Lipinski definition) is 7. The third-order valence-electron chi connectivity index (χ3n) is 5.13. The number of thiazole rings is 1. The Kier molecular flexibility index (Phi) is 5.15. The van der Waals surface area contributed by atoms with Gasteiger partial charge in [-0.2, -0.15) is 0 Å². The molecule has 0 bridgehead atoms. The molecule has 0 atom stereocenters. The zero-order valence-electron chi connectivity index (χ0n) is 17.3. The van der Waals surface area contributed by atoms with Gasteiger partial charge in [-0.1, -0.05) is 59.9 Å². The average Bonchev–Trinajstić information content (AvgIpc) is 3.25. The predicted molar refractivity (Wildman–Crippen MR) is 128 cm³/mol. The number of ether oxygens (including phenoxy) is 1. The number of anilines is 1. The number of amides is 1. The van der Waals surface area contributed by atoms with Crippen molar-refractivity contribution in [1.29, 1.82) is 0 Å². The van der Waals surface area contributed by atoms with Crippen LogP contribution in [-0.2, 0) is 0 Å². The highest BCUT2D eigenvalue weighted by Gasteiger charge is 2.19. The van der Waals surface area contributed by atoms with Gasteiger partial charge in [-0.15, -0.1) is 0 Å². The third-order valence-corrected chi connectivity index (χ3v) is 6.04. The second-order valence-corrected chi connectivity index (χ2v) is 8.19. The van der Waals surface area contributed by atoms with Gasteiger partial charge in [0.15, 0.2) is 10.9 Å². The number of nitrogens with one attached hydrogen (secondary N) is 1. The van der Waals surface area contributed by atoms with Crippen molar-refractivity contribution < 1.29 is 14.5 Å². The third kappa shape index (κ3) is 3.85. The van der Waals surface area contributed by atoms with Crippen molar-refractivity contribution in [3.05, 3.63) is 88.5 Å². The Balaban J connectivity index is 1.57. The lowest BCUT2D eigenvalue weighted by molar-refractivity contribution is -0.384. The van der Waals surface area contributed by atoms with E-state index in [0.29, 0.717) is 37.5 Å². The number of nitrogens with zero attached hydrogens (tertiary/aromatic N) is 3. The molecule has 1 amide bonds. The van der Waals surface area contributed by atoms with E-state index in [9.17, 15) is 14.9 Å². The smallest absolute Gasteiger partial charge is 0.274 e. The van der Waals surface area contributed by atoms with E-state index in [1.807, 2.05) is 54.6 Å². The van der Waals surface area contributed by atoms with E-state index < -0.39 is 4.92 Å². The Bertz CT molecular complexity index is 1530. The average molecular weight is 456 g/mol. The summed E-state index contributed by atoms with van der Waals surface area (Å²) in [6.07, 6.45) is 0. The second kappa shape index (κ2) is 8.29. The van der Waals surface area contributed by atoms with Crippen LogP contribution >= 0.6 is 11.3 Å². The van der Waals surface area contributed by atoms with Crippen LogP contribution in [0.1, 0.15) is 10.4 Å². The number of hydrogen-bond donors (Lipinski definition) is 1. The Morgan fingerprint density at radius 1 is 1.03 bits per heavy atom. The highest BCUT2D eigenvalue weighted by molar-refractivity contribution is 7.22. The zero-order valence-corrected chi connectivity index (χ0v) is 18.1. The molecule has 0 fully saturated rings. The predicted octanol–water partition coefficient (Wildman–Crippen LogP) is 5.68. The van der Waals surface area contributed by atoms with Crippen molar-refractivity contribution in [3.63, 3.8) is 0 Å². The summed E-state index contributed by atoms with van der Waals surface area (Å²) in [7, 11) is 1.42. The Morgan fingerprint density at radius 3 is 2.55 bits per heavy atom. The van der Waals surface area contributed by atoms with E-state index in [2.05, 4.69) is 10.3 Å². The van der Waals surface area contributed by atoms with Crippen LogP contribution in [0.2, 0.25) is 0 Å². The first-order valence-corrected chi connectivity index (χ1v) is 10.7. The molecule has 0 spiro atoms.